The Hall–Kier alpha value is -0.610. The molecule has 1 aliphatic carbocycles. The fourth-order valence-electron chi connectivity index (χ4n) is 1.51. The predicted molar refractivity (Wildman–Crippen MR) is 57.9 cm³/mol. The van der Waals surface area contributed by atoms with Crippen LogP contribution in [0.1, 0.15) is 33.1 Å². The molecule has 15 heavy (non-hydrogen) atoms. The molecule has 0 aromatic heterocycles. The van der Waals surface area contributed by atoms with Gasteiger partial charge in [-0.05, 0) is 25.8 Å². The molecular formula is C11H21NO3. The largest absolute Gasteiger partial charge is 0.480 e. The Bertz CT molecular complexity index is 216. The van der Waals surface area contributed by atoms with E-state index in [0.717, 1.165) is 12.3 Å². The summed E-state index contributed by atoms with van der Waals surface area (Å²) in [5.74, 6) is -0.0176. The zero-order chi connectivity index (χ0) is 11.3. The topological polar surface area (TPSA) is 58.6 Å². The SMILES string of the molecule is CCNC(C)(COCCC1CC1)C(=O)O. The maximum absolute atomic E-state index is 11.0. The van der Waals surface area contributed by atoms with Crippen molar-refractivity contribution in [3.8, 4) is 0 Å². The van der Waals surface area contributed by atoms with Gasteiger partial charge in [-0.15, -0.1) is 0 Å². The minimum absolute atomic E-state index is 0.239. The van der Waals surface area contributed by atoms with Gasteiger partial charge in [0.1, 0.15) is 5.54 Å². The lowest BCUT2D eigenvalue weighted by Gasteiger charge is -2.25. The van der Waals surface area contributed by atoms with Crippen LogP contribution in [0.4, 0.5) is 0 Å². The van der Waals surface area contributed by atoms with Gasteiger partial charge in [0.25, 0.3) is 0 Å². The van der Waals surface area contributed by atoms with Gasteiger partial charge in [0, 0.05) is 6.61 Å². The molecule has 4 heteroatoms. The number of likely N-dealkylation sites (N-methyl/N-ethyl adjacent to an activating group) is 1. The van der Waals surface area contributed by atoms with E-state index < -0.39 is 11.5 Å². The highest BCUT2D eigenvalue weighted by atomic mass is 16.5. The Morgan fingerprint density at radius 1 is 1.60 bits per heavy atom. The highest BCUT2D eigenvalue weighted by Crippen LogP contribution is 2.32. The van der Waals surface area contributed by atoms with Gasteiger partial charge in [-0.25, -0.2) is 0 Å². The van der Waals surface area contributed by atoms with Crippen LogP contribution in [-0.4, -0.2) is 36.4 Å². The highest BCUT2D eigenvalue weighted by molar-refractivity contribution is 5.78. The Morgan fingerprint density at radius 2 is 2.27 bits per heavy atom. The summed E-state index contributed by atoms with van der Waals surface area (Å²) in [6, 6.07) is 0. The average molecular weight is 215 g/mol. The Morgan fingerprint density at radius 3 is 2.73 bits per heavy atom. The summed E-state index contributed by atoms with van der Waals surface area (Å²) in [6.45, 7) is 5.11. The number of ether oxygens (including phenoxy) is 1. The van der Waals surface area contributed by atoms with E-state index in [1.807, 2.05) is 6.92 Å². The number of carbonyl (C=O) groups is 1. The summed E-state index contributed by atoms with van der Waals surface area (Å²) >= 11 is 0. The van der Waals surface area contributed by atoms with Gasteiger partial charge in [-0.2, -0.15) is 0 Å². The molecular weight excluding hydrogens is 194 g/mol. The summed E-state index contributed by atoms with van der Waals surface area (Å²) in [7, 11) is 0. The smallest absolute Gasteiger partial charge is 0.326 e. The van der Waals surface area contributed by atoms with E-state index in [0.29, 0.717) is 13.2 Å². The third-order valence-electron chi connectivity index (χ3n) is 2.80. The highest BCUT2D eigenvalue weighted by Gasteiger charge is 2.32. The number of nitrogens with one attached hydrogen (secondary N) is 1. The van der Waals surface area contributed by atoms with Gasteiger partial charge in [0.15, 0.2) is 0 Å². The number of carboxylic acids is 1. The van der Waals surface area contributed by atoms with Gasteiger partial charge in [0.2, 0.25) is 0 Å². The first-order valence-corrected chi connectivity index (χ1v) is 5.64. The van der Waals surface area contributed by atoms with Crippen molar-refractivity contribution >= 4 is 5.97 Å². The van der Waals surface area contributed by atoms with Crippen molar-refractivity contribution in [1.29, 1.82) is 0 Å². The lowest BCUT2D eigenvalue weighted by molar-refractivity contribution is -0.146. The van der Waals surface area contributed by atoms with Gasteiger partial charge in [0.05, 0.1) is 6.61 Å². The van der Waals surface area contributed by atoms with Crippen LogP contribution in [0.15, 0.2) is 0 Å². The van der Waals surface area contributed by atoms with E-state index in [2.05, 4.69) is 5.32 Å². The second-order valence-electron chi connectivity index (χ2n) is 4.45. The second kappa shape index (κ2) is 5.47. The maximum Gasteiger partial charge on any atom is 0.326 e. The van der Waals surface area contributed by atoms with Crippen LogP contribution in [-0.2, 0) is 9.53 Å². The van der Waals surface area contributed by atoms with Crippen molar-refractivity contribution in [2.24, 2.45) is 5.92 Å². The zero-order valence-electron chi connectivity index (χ0n) is 9.58. The number of aliphatic carboxylic acids is 1. The van der Waals surface area contributed by atoms with Crippen LogP contribution in [0.2, 0.25) is 0 Å². The minimum Gasteiger partial charge on any atom is -0.480 e. The lowest BCUT2D eigenvalue weighted by Crippen LogP contribution is -2.53. The molecule has 0 bridgehead atoms. The van der Waals surface area contributed by atoms with Crippen LogP contribution in [0.3, 0.4) is 0 Å². The average Bonchev–Trinajstić information content (AvgIpc) is 2.96. The third kappa shape index (κ3) is 4.18. The number of hydrogen-bond donors (Lipinski definition) is 2. The molecule has 0 radical (unpaired) electrons. The van der Waals surface area contributed by atoms with Crippen LogP contribution in [0.5, 0.6) is 0 Å². The quantitative estimate of drug-likeness (QED) is 0.598. The van der Waals surface area contributed by atoms with Gasteiger partial charge < -0.3 is 15.2 Å². The third-order valence-corrected chi connectivity index (χ3v) is 2.80. The van der Waals surface area contributed by atoms with E-state index in [9.17, 15) is 4.79 Å². The molecule has 88 valence electrons. The molecule has 1 saturated carbocycles. The number of rotatable bonds is 8. The van der Waals surface area contributed by atoms with Crippen LogP contribution in [0, 0.1) is 5.92 Å². The summed E-state index contributed by atoms with van der Waals surface area (Å²) in [5.41, 5.74) is -0.946. The zero-order valence-corrected chi connectivity index (χ0v) is 9.58. The molecule has 0 aliphatic heterocycles. The molecule has 1 rings (SSSR count). The molecule has 0 spiro atoms. The molecule has 0 amide bonds. The standard InChI is InChI=1S/C11H21NO3/c1-3-12-11(2,10(13)14)8-15-7-6-9-4-5-9/h9,12H,3-8H2,1-2H3,(H,13,14). The Labute approximate surface area is 91.0 Å². The van der Waals surface area contributed by atoms with E-state index >= 15 is 0 Å². The van der Waals surface area contributed by atoms with Crippen molar-refractivity contribution in [2.45, 2.75) is 38.6 Å². The molecule has 2 N–H and O–H groups in total. The lowest BCUT2D eigenvalue weighted by atomic mass is 10.0. The number of hydrogen-bond acceptors (Lipinski definition) is 3. The fraction of sp³-hybridized carbons (Fsp3) is 0.909. The Kier molecular flexibility index (Phi) is 4.54. The molecule has 0 saturated heterocycles. The normalized spacial score (nSPS) is 19.9. The van der Waals surface area contributed by atoms with E-state index in [1.54, 1.807) is 6.92 Å². The summed E-state index contributed by atoms with van der Waals surface area (Å²) in [4.78, 5) is 11.0. The first kappa shape index (κ1) is 12.5. The molecule has 0 heterocycles. The van der Waals surface area contributed by atoms with Crippen molar-refractivity contribution in [3.63, 3.8) is 0 Å². The monoisotopic (exact) mass is 215 g/mol. The van der Waals surface area contributed by atoms with E-state index in [1.165, 1.54) is 12.8 Å². The Balaban J connectivity index is 2.20. The van der Waals surface area contributed by atoms with Crippen molar-refractivity contribution < 1.29 is 14.6 Å². The summed E-state index contributed by atoms with van der Waals surface area (Å²) in [6.07, 6.45) is 3.70. The maximum atomic E-state index is 11.0. The summed E-state index contributed by atoms with van der Waals surface area (Å²) in [5, 5.41) is 12.0. The molecule has 1 unspecified atom stereocenters. The molecule has 1 atom stereocenters. The van der Waals surface area contributed by atoms with Crippen LogP contribution < -0.4 is 5.32 Å². The predicted octanol–water partition coefficient (Wildman–Crippen LogP) is 1.26. The first-order chi connectivity index (χ1) is 7.08. The van der Waals surface area contributed by atoms with Crippen molar-refractivity contribution in [2.75, 3.05) is 19.8 Å². The van der Waals surface area contributed by atoms with E-state index in [4.69, 9.17) is 9.84 Å². The molecule has 0 aromatic carbocycles. The fourth-order valence-corrected chi connectivity index (χ4v) is 1.51. The van der Waals surface area contributed by atoms with Gasteiger partial charge >= 0.3 is 5.97 Å². The van der Waals surface area contributed by atoms with Crippen molar-refractivity contribution in [3.05, 3.63) is 0 Å². The van der Waals surface area contributed by atoms with Gasteiger partial charge in [-0.3, -0.25) is 4.79 Å². The molecule has 1 aliphatic rings. The first-order valence-electron chi connectivity index (χ1n) is 5.64. The second-order valence-corrected chi connectivity index (χ2v) is 4.45. The summed E-state index contributed by atoms with van der Waals surface area (Å²) < 4.78 is 5.42. The van der Waals surface area contributed by atoms with E-state index in [-0.39, 0.29) is 6.61 Å². The minimum atomic E-state index is -0.946. The number of carboxylic acid groups (broad SMARTS) is 1. The molecule has 0 aromatic rings. The van der Waals surface area contributed by atoms with Crippen LogP contribution in [0.25, 0.3) is 0 Å². The van der Waals surface area contributed by atoms with Gasteiger partial charge in [-0.1, -0.05) is 19.8 Å². The van der Waals surface area contributed by atoms with Crippen molar-refractivity contribution in [1.82, 2.24) is 5.32 Å². The molecule has 4 nitrogen and oxygen atoms in total. The van der Waals surface area contributed by atoms with Crippen LogP contribution >= 0.6 is 0 Å². The molecule has 1 fully saturated rings.